The fourth-order valence-electron chi connectivity index (χ4n) is 15.4. The Bertz CT molecular complexity index is 1100. The maximum atomic E-state index is 12.8. The van der Waals surface area contributed by atoms with Crippen LogP contribution in [0.5, 0.6) is 11.5 Å². The molecular weight excluding hydrogens is 464 g/mol. The molecule has 0 aliphatic heterocycles. The van der Waals surface area contributed by atoms with E-state index in [0.29, 0.717) is 11.5 Å². The summed E-state index contributed by atoms with van der Waals surface area (Å²) in [5.41, 5.74) is 4.41. The monoisotopic (exact) mass is 512 g/mol. The van der Waals surface area contributed by atoms with Gasteiger partial charge in [-0.25, -0.2) is 0 Å². The largest absolute Gasteiger partial charge is 0.507 e. The van der Waals surface area contributed by atoms with Gasteiger partial charge in [0, 0.05) is 22.0 Å². The lowest BCUT2D eigenvalue weighted by Gasteiger charge is -2.61. The molecule has 204 valence electrons. The highest BCUT2D eigenvalue weighted by Gasteiger charge is 2.60. The van der Waals surface area contributed by atoms with Crippen LogP contribution in [0.2, 0.25) is 0 Å². The van der Waals surface area contributed by atoms with Gasteiger partial charge in [0.25, 0.3) is 0 Å². The van der Waals surface area contributed by atoms with Gasteiger partial charge in [0.05, 0.1) is 0 Å². The van der Waals surface area contributed by atoms with Gasteiger partial charge in [-0.2, -0.15) is 0 Å². The maximum Gasteiger partial charge on any atom is 0.127 e. The zero-order valence-corrected chi connectivity index (χ0v) is 23.4. The van der Waals surface area contributed by atoms with Crippen LogP contribution in [0.4, 0.5) is 0 Å². The van der Waals surface area contributed by atoms with E-state index in [0.717, 1.165) is 58.8 Å². The smallest absolute Gasteiger partial charge is 0.127 e. The van der Waals surface area contributed by atoms with Crippen molar-refractivity contribution in [1.29, 1.82) is 0 Å². The second-order valence-electron chi connectivity index (χ2n) is 17.6. The SMILES string of the molecule is Oc1cc(C23CC4CC(CC(C4)C2)C3)c(C23CC4CC(CC(C4)C2)C3)c(O)c1C12CC3CC(CC(C3)C1)C2. The molecule has 12 bridgehead atoms. The predicted octanol–water partition coefficient (Wildman–Crippen LogP) is 8.50. The van der Waals surface area contributed by atoms with Crippen molar-refractivity contribution in [2.24, 2.45) is 53.3 Å². The van der Waals surface area contributed by atoms with Crippen LogP contribution < -0.4 is 0 Å². The number of aromatic hydroxyl groups is 2. The summed E-state index contributed by atoms with van der Waals surface area (Å²) < 4.78 is 0. The summed E-state index contributed by atoms with van der Waals surface area (Å²) >= 11 is 0. The van der Waals surface area contributed by atoms with Gasteiger partial charge in [0.1, 0.15) is 11.5 Å². The first-order valence-corrected chi connectivity index (χ1v) is 17.0. The van der Waals surface area contributed by atoms with Crippen molar-refractivity contribution in [3.63, 3.8) is 0 Å². The van der Waals surface area contributed by atoms with Gasteiger partial charge in [-0.05, 0) is 186 Å². The van der Waals surface area contributed by atoms with Crippen LogP contribution in [0.1, 0.15) is 132 Å². The fraction of sp³-hybridized carbons (Fsp3) is 0.833. The summed E-state index contributed by atoms with van der Waals surface area (Å²) in [4.78, 5) is 0. The standard InChI is InChI=1S/C36H48O2/c37-30-10-29(34-11-20-1-21(12-34)3-22(2-20)13-34)31(35-14-23-4-24(15-35)6-25(5-23)16-35)33(38)32(30)36-17-26-7-27(18-36)9-28(8-26)19-36/h10,20-28,37-38H,1-9,11-19H2. The average Bonchev–Trinajstić information content (AvgIpc) is 2.81. The van der Waals surface area contributed by atoms with Gasteiger partial charge < -0.3 is 10.2 Å². The zero-order chi connectivity index (χ0) is 25.0. The summed E-state index contributed by atoms with van der Waals surface area (Å²) in [5.74, 6) is 8.91. The zero-order valence-electron chi connectivity index (χ0n) is 23.4. The summed E-state index contributed by atoms with van der Waals surface area (Å²) in [6.45, 7) is 0. The molecule has 0 heterocycles. The minimum absolute atomic E-state index is 0.0416. The minimum Gasteiger partial charge on any atom is -0.507 e. The molecule has 12 aliphatic carbocycles. The first kappa shape index (κ1) is 22.5. The van der Waals surface area contributed by atoms with E-state index in [9.17, 15) is 10.2 Å². The van der Waals surface area contributed by atoms with Crippen molar-refractivity contribution < 1.29 is 10.2 Å². The Morgan fingerprint density at radius 2 is 0.711 bits per heavy atom. The molecule has 13 rings (SSSR count). The Balaban J connectivity index is 1.20. The highest BCUT2D eigenvalue weighted by Crippen LogP contribution is 2.70. The van der Waals surface area contributed by atoms with E-state index >= 15 is 0 Å². The molecule has 12 saturated carbocycles. The normalized spacial score (nSPS) is 54.8. The first-order chi connectivity index (χ1) is 18.4. The number of phenolic OH excluding ortho intramolecular Hbond substituents is 2. The summed E-state index contributed by atoms with van der Waals surface area (Å²) in [6.07, 6.45) is 24.5. The summed E-state index contributed by atoms with van der Waals surface area (Å²) in [5, 5.41) is 24.9. The average molecular weight is 513 g/mol. The number of hydrogen-bond donors (Lipinski definition) is 2. The fourth-order valence-corrected chi connectivity index (χ4v) is 15.4. The molecule has 2 N–H and O–H groups in total. The molecule has 12 fully saturated rings. The Hall–Kier alpha value is -1.18. The molecule has 1 aromatic carbocycles. The highest BCUT2D eigenvalue weighted by molar-refractivity contribution is 5.62. The number of phenols is 2. The number of hydrogen-bond acceptors (Lipinski definition) is 2. The number of benzene rings is 1. The molecule has 0 saturated heterocycles. The third-order valence-electron chi connectivity index (χ3n) is 15.0. The van der Waals surface area contributed by atoms with E-state index in [-0.39, 0.29) is 16.2 Å². The maximum absolute atomic E-state index is 12.8. The molecule has 1 aromatic rings. The Kier molecular flexibility index (Phi) is 4.25. The molecule has 0 amide bonds. The summed E-state index contributed by atoms with van der Waals surface area (Å²) in [7, 11) is 0. The van der Waals surface area contributed by atoms with Crippen molar-refractivity contribution in [3.8, 4) is 11.5 Å². The molecule has 38 heavy (non-hydrogen) atoms. The molecule has 0 spiro atoms. The predicted molar refractivity (Wildman–Crippen MR) is 149 cm³/mol. The Morgan fingerprint density at radius 3 is 1.05 bits per heavy atom. The van der Waals surface area contributed by atoms with Gasteiger partial charge in [0.2, 0.25) is 0 Å². The third kappa shape index (κ3) is 2.87. The number of rotatable bonds is 3. The molecular formula is C36H48O2. The van der Waals surface area contributed by atoms with Gasteiger partial charge in [-0.15, -0.1) is 0 Å². The van der Waals surface area contributed by atoms with Crippen molar-refractivity contribution in [2.45, 2.75) is 132 Å². The van der Waals surface area contributed by atoms with Crippen LogP contribution in [0.25, 0.3) is 0 Å². The second kappa shape index (κ2) is 7.17. The molecule has 2 heteroatoms. The second-order valence-corrected chi connectivity index (χ2v) is 17.6. The van der Waals surface area contributed by atoms with E-state index in [1.165, 1.54) is 127 Å². The molecule has 0 atom stereocenters. The van der Waals surface area contributed by atoms with Gasteiger partial charge in [-0.3, -0.25) is 0 Å². The van der Waals surface area contributed by atoms with Crippen molar-refractivity contribution >= 4 is 0 Å². The van der Waals surface area contributed by atoms with Crippen LogP contribution in [-0.2, 0) is 16.2 Å². The van der Waals surface area contributed by atoms with Crippen LogP contribution >= 0.6 is 0 Å². The molecule has 12 aliphatic rings. The third-order valence-corrected chi connectivity index (χ3v) is 15.0. The first-order valence-electron chi connectivity index (χ1n) is 17.0. The van der Waals surface area contributed by atoms with Gasteiger partial charge in [0.15, 0.2) is 0 Å². The molecule has 0 aromatic heterocycles. The Labute approximate surface area is 229 Å². The van der Waals surface area contributed by atoms with Crippen LogP contribution in [0.15, 0.2) is 6.07 Å². The van der Waals surface area contributed by atoms with Crippen LogP contribution in [-0.4, -0.2) is 10.2 Å². The van der Waals surface area contributed by atoms with E-state index in [1.807, 2.05) is 0 Å². The highest BCUT2D eigenvalue weighted by atomic mass is 16.3. The van der Waals surface area contributed by atoms with E-state index < -0.39 is 0 Å². The lowest BCUT2D eigenvalue weighted by Crippen LogP contribution is -2.53. The minimum atomic E-state index is 0.0416. The quantitative estimate of drug-likeness (QED) is 0.426. The van der Waals surface area contributed by atoms with E-state index in [4.69, 9.17) is 0 Å². The lowest BCUT2D eigenvalue weighted by molar-refractivity contribution is -0.0200. The van der Waals surface area contributed by atoms with Gasteiger partial charge >= 0.3 is 0 Å². The van der Waals surface area contributed by atoms with E-state index in [1.54, 1.807) is 0 Å². The van der Waals surface area contributed by atoms with Crippen molar-refractivity contribution in [1.82, 2.24) is 0 Å². The summed E-state index contributed by atoms with van der Waals surface area (Å²) in [6, 6.07) is 2.34. The van der Waals surface area contributed by atoms with Crippen LogP contribution in [0.3, 0.4) is 0 Å². The van der Waals surface area contributed by atoms with Crippen LogP contribution in [0, 0.1) is 53.3 Å². The van der Waals surface area contributed by atoms with Crippen molar-refractivity contribution in [2.75, 3.05) is 0 Å². The molecule has 0 unspecified atom stereocenters. The van der Waals surface area contributed by atoms with Crippen molar-refractivity contribution in [3.05, 3.63) is 22.8 Å². The van der Waals surface area contributed by atoms with Gasteiger partial charge in [-0.1, -0.05) is 0 Å². The topological polar surface area (TPSA) is 40.5 Å². The Morgan fingerprint density at radius 1 is 0.421 bits per heavy atom. The lowest BCUT2D eigenvalue weighted by atomic mass is 9.43. The molecule has 0 radical (unpaired) electrons. The van der Waals surface area contributed by atoms with E-state index in [2.05, 4.69) is 6.07 Å². The molecule has 2 nitrogen and oxygen atoms in total.